The van der Waals surface area contributed by atoms with Crippen molar-refractivity contribution in [3.8, 4) is 11.3 Å². The largest absolute Gasteiger partial charge is 0.543 e. The molecule has 0 spiro atoms. The van der Waals surface area contributed by atoms with Gasteiger partial charge in [-0.3, -0.25) is 0 Å². The predicted molar refractivity (Wildman–Crippen MR) is 140 cm³/mol. The maximum absolute atomic E-state index is 6.88. The third-order valence-corrected chi connectivity index (χ3v) is 11.7. The molecule has 1 heterocycles. The molecule has 0 atom stereocenters. The van der Waals surface area contributed by atoms with Gasteiger partial charge in [0.15, 0.2) is 0 Å². The van der Waals surface area contributed by atoms with Crippen molar-refractivity contribution in [3.05, 3.63) is 82.6 Å². The number of benzene rings is 2. The van der Waals surface area contributed by atoms with Gasteiger partial charge in [-0.15, -0.1) is 0 Å². The monoisotopic (exact) mass is 443 g/mol. The molecule has 32 heavy (non-hydrogen) atoms. The lowest BCUT2D eigenvalue weighted by Crippen LogP contribution is -2.40. The Balaban J connectivity index is 1.76. The molecule has 4 rings (SSSR count). The fraction of sp³-hybridized carbons (Fsp3) is 0.379. The Morgan fingerprint density at radius 1 is 0.969 bits per heavy atom. The van der Waals surface area contributed by atoms with Crippen LogP contribution in [0.5, 0.6) is 0 Å². The third kappa shape index (κ3) is 4.23. The molecule has 3 aromatic rings. The Morgan fingerprint density at radius 3 is 2.31 bits per heavy atom. The van der Waals surface area contributed by atoms with Gasteiger partial charge in [0.2, 0.25) is 8.32 Å². The number of nitrogens with one attached hydrogen (secondary N) is 1. The summed E-state index contributed by atoms with van der Waals surface area (Å²) in [6, 6.07) is 19.4. The quantitative estimate of drug-likeness (QED) is 0.392. The van der Waals surface area contributed by atoms with E-state index in [-0.39, 0.29) is 5.04 Å². The number of fused-ring (bicyclic) bond motifs is 1. The second-order valence-corrected chi connectivity index (χ2v) is 15.5. The van der Waals surface area contributed by atoms with Crippen LogP contribution in [0.25, 0.3) is 22.2 Å². The molecule has 2 nitrogen and oxygen atoms in total. The number of aromatic nitrogens is 1. The summed E-state index contributed by atoms with van der Waals surface area (Å²) in [5.41, 5.74) is 9.33. The number of H-pyrrole nitrogens is 1. The standard InChI is InChI=1S/C29H37NOSi/c1-20-17-18-23(28(20)31-32(6,7)29(3,4)5)21(2)19-25-24-15-11-12-16-26(24)30-27(25)22-13-9-8-10-14-22/h8-16,30H,17-19H2,1-7H3/b23-21-. The van der Waals surface area contributed by atoms with Gasteiger partial charge in [0.05, 0.1) is 5.69 Å². The molecule has 0 saturated carbocycles. The summed E-state index contributed by atoms with van der Waals surface area (Å²) in [6.07, 6.45) is 3.13. The SMILES string of the molecule is CC1=C(O[Si](C)(C)C(C)(C)C)/C(=C(/C)Cc2c(-c3ccccc3)[nH]c3ccccc23)CC1. The first-order chi connectivity index (χ1) is 15.1. The molecule has 1 aliphatic carbocycles. The van der Waals surface area contributed by atoms with E-state index in [0.29, 0.717) is 0 Å². The first-order valence-electron chi connectivity index (χ1n) is 11.8. The molecule has 3 heteroatoms. The van der Waals surface area contributed by atoms with Gasteiger partial charge in [-0.25, -0.2) is 0 Å². The van der Waals surface area contributed by atoms with Gasteiger partial charge in [-0.1, -0.05) is 74.9 Å². The zero-order chi connectivity index (χ0) is 23.1. The summed E-state index contributed by atoms with van der Waals surface area (Å²) >= 11 is 0. The van der Waals surface area contributed by atoms with E-state index < -0.39 is 8.32 Å². The van der Waals surface area contributed by atoms with Gasteiger partial charge in [0, 0.05) is 10.9 Å². The number of hydrogen-bond donors (Lipinski definition) is 1. The minimum Gasteiger partial charge on any atom is -0.543 e. The molecule has 0 radical (unpaired) electrons. The molecule has 168 valence electrons. The minimum atomic E-state index is -1.88. The van der Waals surface area contributed by atoms with E-state index in [2.05, 4.69) is 107 Å². The summed E-state index contributed by atoms with van der Waals surface area (Å²) in [5.74, 6) is 1.19. The van der Waals surface area contributed by atoms with Crippen molar-refractivity contribution in [1.82, 2.24) is 4.98 Å². The van der Waals surface area contributed by atoms with Crippen LogP contribution in [0.2, 0.25) is 18.1 Å². The van der Waals surface area contributed by atoms with Crippen molar-refractivity contribution in [2.24, 2.45) is 0 Å². The van der Waals surface area contributed by atoms with Crippen molar-refractivity contribution in [3.63, 3.8) is 0 Å². The first kappa shape index (κ1) is 22.7. The van der Waals surface area contributed by atoms with Crippen molar-refractivity contribution >= 4 is 19.2 Å². The number of allylic oxidation sites excluding steroid dienone is 3. The topological polar surface area (TPSA) is 25.0 Å². The highest BCUT2D eigenvalue weighted by Gasteiger charge is 2.41. The van der Waals surface area contributed by atoms with E-state index in [0.717, 1.165) is 19.3 Å². The van der Waals surface area contributed by atoms with Crippen LogP contribution in [0.4, 0.5) is 0 Å². The summed E-state index contributed by atoms with van der Waals surface area (Å²) in [4.78, 5) is 3.70. The highest BCUT2D eigenvalue weighted by Crippen LogP contribution is 2.44. The fourth-order valence-corrected chi connectivity index (χ4v) is 5.48. The van der Waals surface area contributed by atoms with E-state index in [1.54, 1.807) is 0 Å². The minimum absolute atomic E-state index is 0.194. The Bertz CT molecular complexity index is 1190. The van der Waals surface area contributed by atoms with Crippen LogP contribution in [0.3, 0.4) is 0 Å². The molecule has 1 aliphatic rings. The smallest absolute Gasteiger partial charge is 0.250 e. The maximum Gasteiger partial charge on any atom is 0.250 e. The average Bonchev–Trinajstić information content (AvgIpc) is 3.28. The highest BCUT2D eigenvalue weighted by atomic mass is 28.4. The first-order valence-corrected chi connectivity index (χ1v) is 14.7. The second kappa shape index (κ2) is 8.44. The van der Waals surface area contributed by atoms with Crippen LogP contribution in [0.15, 0.2) is 77.1 Å². The van der Waals surface area contributed by atoms with Crippen molar-refractivity contribution in [1.29, 1.82) is 0 Å². The van der Waals surface area contributed by atoms with Crippen LogP contribution in [0, 0.1) is 0 Å². The van der Waals surface area contributed by atoms with Crippen molar-refractivity contribution in [2.45, 2.75) is 72.0 Å². The lowest BCUT2D eigenvalue weighted by molar-refractivity contribution is 0.391. The normalized spacial score (nSPS) is 16.7. The van der Waals surface area contributed by atoms with Crippen LogP contribution in [-0.4, -0.2) is 13.3 Å². The lowest BCUT2D eigenvalue weighted by atomic mass is 9.96. The molecule has 0 amide bonds. The number of rotatable bonds is 5. The van der Waals surface area contributed by atoms with Crippen molar-refractivity contribution < 1.29 is 4.43 Å². The van der Waals surface area contributed by atoms with Gasteiger partial charge in [-0.05, 0) is 79.6 Å². The zero-order valence-electron chi connectivity index (χ0n) is 20.7. The molecule has 0 saturated heterocycles. The van der Waals surface area contributed by atoms with Crippen LogP contribution in [0.1, 0.15) is 53.0 Å². The molecular formula is C29H37NOSi. The molecule has 0 fully saturated rings. The van der Waals surface area contributed by atoms with E-state index in [1.807, 2.05) is 0 Å². The Labute approximate surface area is 194 Å². The van der Waals surface area contributed by atoms with Crippen LogP contribution in [-0.2, 0) is 10.8 Å². The summed E-state index contributed by atoms with van der Waals surface area (Å²) in [7, 11) is -1.88. The van der Waals surface area contributed by atoms with E-state index >= 15 is 0 Å². The molecular weight excluding hydrogens is 406 g/mol. The number of aromatic amines is 1. The zero-order valence-corrected chi connectivity index (χ0v) is 21.7. The molecule has 2 aromatic carbocycles. The Kier molecular flexibility index (Phi) is 5.98. The van der Waals surface area contributed by atoms with Gasteiger partial charge in [-0.2, -0.15) is 0 Å². The van der Waals surface area contributed by atoms with E-state index in [9.17, 15) is 0 Å². The van der Waals surface area contributed by atoms with Crippen LogP contribution >= 0.6 is 0 Å². The van der Waals surface area contributed by atoms with E-state index in [4.69, 9.17) is 4.43 Å². The van der Waals surface area contributed by atoms with Crippen LogP contribution < -0.4 is 0 Å². The maximum atomic E-state index is 6.88. The highest BCUT2D eigenvalue weighted by molar-refractivity contribution is 6.74. The fourth-order valence-electron chi connectivity index (χ4n) is 4.37. The molecule has 1 aromatic heterocycles. The molecule has 0 aliphatic heterocycles. The van der Waals surface area contributed by atoms with Gasteiger partial charge >= 0.3 is 0 Å². The molecule has 0 unspecified atom stereocenters. The number of hydrogen-bond acceptors (Lipinski definition) is 1. The average molecular weight is 444 g/mol. The van der Waals surface area contributed by atoms with Crippen molar-refractivity contribution in [2.75, 3.05) is 0 Å². The third-order valence-electron chi connectivity index (χ3n) is 7.41. The Hall–Kier alpha value is -2.52. The van der Waals surface area contributed by atoms with E-state index in [1.165, 1.54) is 50.2 Å². The van der Waals surface area contributed by atoms with Gasteiger partial charge in [0.25, 0.3) is 0 Å². The second-order valence-electron chi connectivity index (χ2n) is 10.8. The van der Waals surface area contributed by atoms with Gasteiger partial charge < -0.3 is 9.41 Å². The summed E-state index contributed by atoms with van der Waals surface area (Å²) < 4.78 is 6.88. The van der Waals surface area contributed by atoms with Gasteiger partial charge in [0.1, 0.15) is 5.76 Å². The summed E-state index contributed by atoms with van der Waals surface area (Å²) in [6.45, 7) is 16.2. The molecule has 1 N–H and O–H groups in total. The number of para-hydroxylation sites is 1. The lowest BCUT2D eigenvalue weighted by Gasteiger charge is -2.37. The summed E-state index contributed by atoms with van der Waals surface area (Å²) in [5, 5.41) is 1.51. The predicted octanol–water partition coefficient (Wildman–Crippen LogP) is 8.78. The molecule has 0 bridgehead atoms. The Morgan fingerprint density at radius 2 is 1.62 bits per heavy atom.